The van der Waals surface area contributed by atoms with E-state index in [0.29, 0.717) is 23.3 Å². The van der Waals surface area contributed by atoms with Crippen molar-refractivity contribution >= 4 is 27.8 Å². The van der Waals surface area contributed by atoms with Crippen LogP contribution in [0.4, 0.5) is 0 Å². The molecule has 0 unspecified atom stereocenters. The lowest BCUT2D eigenvalue weighted by molar-refractivity contribution is 0.0933. The zero-order valence-electron chi connectivity index (χ0n) is 14.2. The molecule has 0 bridgehead atoms. The van der Waals surface area contributed by atoms with E-state index in [0.717, 1.165) is 10.8 Å². The molecule has 2 heterocycles. The molecule has 4 aromatic rings. The largest absolute Gasteiger partial charge is 0.420 e. The maximum absolute atomic E-state index is 12.7. The first kappa shape index (κ1) is 16.1. The van der Waals surface area contributed by atoms with E-state index in [1.165, 1.54) is 4.57 Å². The van der Waals surface area contributed by atoms with Gasteiger partial charge < -0.3 is 9.73 Å². The van der Waals surface area contributed by atoms with Crippen LogP contribution >= 0.6 is 0 Å². The van der Waals surface area contributed by atoms with Crippen LogP contribution < -0.4 is 11.1 Å². The number of carbonyl (C=O) groups excluding carboxylic acids is 1. The van der Waals surface area contributed by atoms with E-state index in [1.807, 2.05) is 55.5 Å². The number of pyridine rings is 1. The SMILES string of the molecule is C[C@@H](Cn1c(=O)oc2ccccc21)NC(=O)c1nccc2ccccc12. The lowest BCUT2D eigenvalue weighted by Gasteiger charge is -2.14. The Kier molecular flexibility index (Phi) is 4.01. The maximum atomic E-state index is 12.7. The van der Waals surface area contributed by atoms with E-state index < -0.39 is 5.76 Å². The summed E-state index contributed by atoms with van der Waals surface area (Å²) in [5, 5.41) is 4.67. The van der Waals surface area contributed by atoms with E-state index >= 15 is 0 Å². The smallest absolute Gasteiger partial charge is 0.408 e. The number of aromatic nitrogens is 2. The van der Waals surface area contributed by atoms with Gasteiger partial charge in [0, 0.05) is 24.2 Å². The predicted molar refractivity (Wildman–Crippen MR) is 99.1 cm³/mol. The number of nitrogens with zero attached hydrogens (tertiary/aromatic N) is 2. The van der Waals surface area contributed by atoms with Gasteiger partial charge in [0.1, 0.15) is 5.69 Å². The quantitative estimate of drug-likeness (QED) is 0.616. The van der Waals surface area contributed by atoms with Crippen LogP contribution in [-0.4, -0.2) is 21.5 Å². The number of nitrogens with one attached hydrogen (secondary N) is 1. The van der Waals surface area contributed by atoms with Crippen molar-refractivity contribution in [2.75, 3.05) is 0 Å². The second-order valence-corrected chi connectivity index (χ2v) is 6.20. The fourth-order valence-electron chi connectivity index (χ4n) is 3.10. The molecule has 2 aromatic carbocycles. The number of oxazole rings is 1. The van der Waals surface area contributed by atoms with Crippen molar-refractivity contribution in [3.8, 4) is 0 Å². The molecule has 0 spiro atoms. The predicted octanol–water partition coefficient (Wildman–Crippen LogP) is 2.96. The Morgan fingerprint density at radius 3 is 2.81 bits per heavy atom. The Bertz CT molecular complexity index is 1150. The second kappa shape index (κ2) is 6.48. The van der Waals surface area contributed by atoms with Gasteiger partial charge in [-0.25, -0.2) is 4.79 Å². The second-order valence-electron chi connectivity index (χ2n) is 6.20. The molecule has 4 rings (SSSR count). The monoisotopic (exact) mass is 347 g/mol. The fourth-order valence-corrected chi connectivity index (χ4v) is 3.10. The minimum atomic E-state index is -0.435. The molecule has 26 heavy (non-hydrogen) atoms. The maximum Gasteiger partial charge on any atom is 0.420 e. The van der Waals surface area contributed by atoms with Gasteiger partial charge >= 0.3 is 5.76 Å². The molecule has 1 N–H and O–H groups in total. The third-order valence-electron chi connectivity index (χ3n) is 4.30. The highest BCUT2D eigenvalue weighted by atomic mass is 16.4. The lowest BCUT2D eigenvalue weighted by Crippen LogP contribution is -2.37. The third kappa shape index (κ3) is 2.86. The van der Waals surface area contributed by atoms with Crippen LogP contribution in [-0.2, 0) is 6.54 Å². The Hall–Kier alpha value is -3.41. The molecule has 6 nitrogen and oxygen atoms in total. The number of rotatable bonds is 4. The summed E-state index contributed by atoms with van der Waals surface area (Å²) in [5.74, 6) is -0.703. The molecule has 1 atom stereocenters. The van der Waals surface area contributed by atoms with Gasteiger partial charge in [-0.3, -0.25) is 14.3 Å². The molecule has 1 amide bonds. The number of amides is 1. The Labute approximate surface area is 149 Å². The summed E-state index contributed by atoms with van der Waals surface area (Å²) >= 11 is 0. The van der Waals surface area contributed by atoms with Crippen LogP contribution in [0.5, 0.6) is 0 Å². The third-order valence-corrected chi connectivity index (χ3v) is 4.30. The van der Waals surface area contributed by atoms with Crippen molar-refractivity contribution in [1.82, 2.24) is 14.9 Å². The summed E-state index contributed by atoms with van der Waals surface area (Å²) in [6, 6.07) is 16.4. The fraction of sp³-hybridized carbons (Fsp3) is 0.150. The van der Waals surface area contributed by atoms with Crippen molar-refractivity contribution in [3.05, 3.63) is 77.0 Å². The van der Waals surface area contributed by atoms with Crippen molar-refractivity contribution in [2.45, 2.75) is 19.5 Å². The molecular weight excluding hydrogens is 330 g/mol. The van der Waals surface area contributed by atoms with Crippen LogP contribution in [0.1, 0.15) is 17.4 Å². The molecule has 0 aliphatic carbocycles. The van der Waals surface area contributed by atoms with Crippen LogP contribution in [0.2, 0.25) is 0 Å². The van der Waals surface area contributed by atoms with E-state index in [1.54, 1.807) is 12.3 Å². The first-order valence-corrected chi connectivity index (χ1v) is 8.36. The van der Waals surface area contributed by atoms with Crippen molar-refractivity contribution in [1.29, 1.82) is 0 Å². The Balaban J connectivity index is 1.58. The Morgan fingerprint density at radius 1 is 1.15 bits per heavy atom. The standard InChI is InChI=1S/C20H17N3O3/c1-13(12-23-16-8-4-5-9-17(16)26-20(23)25)22-19(24)18-15-7-3-2-6-14(15)10-11-21-18/h2-11,13H,12H2,1H3,(H,22,24)/t13-/m0/s1. The first-order chi connectivity index (χ1) is 12.6. The molecule has 0 saturated carbocycles. The summed E-state index contributed by atoms with van der Waals surface area (Å²) < 4.78 is 6.75. The first-order valence-electron chi connectivity index (χ1n) is 8.36. The molecular formula is C20H17N3O3. The van der Waals surface area contributed by atoms with E-state index in [9.17, 15) is 9.59 Å². The highest BCUT2D eigenvalue weighted by Crippen LogP contribution is 2.16. The van der Waals surface area contributed by atoms with Gasteiger partial charge in [0.25, 0.3) is 5.91 Å². The zero-order valence-corrected chi connectivity index (χ0v) is 14.2. The minimum Gasteiger partial charge on any atom is -0.408 e. The minimum absolute atomic E-state index is 0.268. The number of para-hydroxylation sites is 2. The molecule has 0 fully saturated rings. The van der Waals surface area contributed by atoms with Gasteiger partial charge in [-0.2, -0.15) is 0 Å². The summed E-state index contributed by atoms with van der Waals surface area (Å²) in [7, 11) is 0. The van der Waals surface area contributed by atoms with Crippen LogP contribution in [0.25, 0.3) is 21.9 Å². The van der Waals surface area contributed by atoms with Gasteiger partial charge in [0.15, 0.2) is 5.58 Å². The summed E-state index contributed by atoms with van der Waals surface area (Å²) in [4.78, 5) is 29.0. The average Bonchev–Trinajstić information content (AvgIpc) is 2.96. The summed E-state index contributed by atoms with van der Waals surface area (Å²) in [5.41, 5.74) is 1.62. The van der Waals surface area contributed by atoms with Gasteiger partial charge in [-0.05, 0) is 30.5 Å². The molecule has 0 radical (unpaired) electrons. The topological polar surface area (TPSA) is 77.1 Å². The normalized spacial score (nSPS) is 12.3. The van der Waals surface area contributed by atoms with Gasteiger partial charge in [0.05, 0.1) is 5.52 Å². The van der Waals surface area contributed by atoms with Crippen molar-refractivity contribution < 1.29 is 9.21 Å². The highest BCUT2D eigenvalue weighted by Gasteiger charge is 2.16. The molecule has 0 saturated heterocycles. The van der Waals surface area contributed by atoms with Crippen molar-refractivity contribution in [3.63, 3.8) is 0 Å². The van der Waals surface area contributed by atoms with Crippen LogP contribution in [0.15, 0.2) is 70.0 Å². The molecule has 0 aliphatic heterocycles. The number of carbonyl (C=O) groups is 1. The summed E-state index contributed by atoms with van der Waals surface area (Å²) in [6.07, 6.45) is 1.62. The Morgan fingerprint density at radius 2 is 1.92 bits per heavy atom. The van der Waals surface area contributed by atoms with E-state index in [4.69, 9.17) is 4.42 Å². The summed E-state index contributed by atoms with van der Waals surface area (Å²) in [6.45, 7) is 2.16. The molecule has 2 aromatic heterocycles. The highest BCUT2D eigenvalue weighted by molar-refractivity contribution is 6.05. The van der Waals surface area contributed by atoms with Crippen molar-refractivity contribution in [2.24, 2.45) is 0 Å². The van der Waals surface area contributed by atoms with Crippen LogP contribution in [0, 0.1) is 0 Å². The molecule has 130 valence electrons. The van der Waals surface area contributed by atoms with Gasteiger partial charge in [0.2, 0.25) is 0 Å². The zero-order chi connectivity index (χ0) is 18.1. The number of fused-ring (bicyclic) bond motifs is 2. The number of hydrogen-bond acceptors (Lipinski definition) is 4. The van der Waals surface area contributed by atoms with E-state index in [2.05, 4.69) is 10.3 Å². The van der Waals surface area contributed by atoms with Gasteiger partial charge in [-0.15, -0.1) is 0 Å². The number of benzene rings is 2. The molecule has 0 aliphatic rings. The van der Waals surface area contributed by atoms with Crippen LogP contribution in [0.3, 0.4) is 0 Å². The molecule has 6 heteroatoms. The lowest BCUT2D eigenvalue weighted by atomic mass is 10.1. The number of hydrogen-bond donors (Lipinski definition) is 1. The van der Waals surface area contributed by atoms with Gasteiger partial charge in [-0.1, -0.05) is 36.4 Å². The van der Waals surface area contributed by atoms with E-state index in [-0.39, 0.29) is 11.9 Å². The average molecular weight is 347 g/mol.